The molecule has 0 fully saturated rings. The maximum atomic E-state index is 13.8. The molecule has 0 amide bonds. The van der Waals surface area contributed by atoms with Crippen molar-refractivity contribution in [3.63, 3.8) is 0 Å². The number of Topliss-reactive ketones (excluding diaryl/α,β-unsaturated/α-hetero) is 1. The summed E-state index contributed by atoms with van der Waals surface area (Å²) in [6, 6.07) is 15.7. The first-order valence-corrected chi connectivity index (χ1v) is 13.8. The number of aliphatic hydroxyl groups is 1. The van der Waals surface area contributed by atoms with Gasteiger partial charge >= 0.3 is 6.18 Å². The summed E-state index contributed by atoms with van der Waals surface area (Å²) in [5.41, 5.74) is 0.989. The number of alkyl halides is 3. The maximum absolute atomic E-state index is 13.8. The molecule has 4 rings (SSSR count). The molecular weight excluding hydrogens is 583 g/mol. The van der Waals surface area contributed by atoms with Crippen LogP contribution in [0.15, 0.2) is 84.0 Å². The standard InChI is InChI=1S/C28H23ClF3N3O5S/c1-17(36)26(37)20-7-10-23(11-8-20)41(38,39)35(27-24(29)13-22(15-34-27)28(30,31)32)16-18-3-5-19(6-4-18)21-9-12-25(40-2)33-14-21/h3-15,17,36H,16H2,1-2H3. The zero-order chi connectivity index (χ0) is 29.9. The third kappa shape index (κ3) is 6.67. The average Bonchev–Trinajstić information content (AvgIpc) is 2.95. The van der Waals surface area contributed by atoms with Crippen molar-refractivity contribution in [3.8, 4) is 17.0 Å². The molecule has 2 aromatic carbocycles. The summed E-state index contributed by atoms with van der Waals surface area (Å²) in [4.78, 5) is 19.8. The van der Waals surface area contributed by atoms with Gasteiger partial charge in [-0.2, -0.15) is 13.2 Å². The second-order valence-corrected chi connectivity index (χ2v) is 11.2. The largest absolute Gasteiger partial charge is 0.481 e. The number of halogens is 4. The number of nitrogens with zero attached hydrogens (tertiary/aromatic N) is 3. The second-order valence-electron chi connectivity index (χ2n) is 8.89. The van der Waals surface area contributed by atoms with E-state index in [0.717, 1.165) is 27.6 Å². The van der Waals surface area contributed by atoms with Crippen molar-refractivity contribution in [3.05, 3.63) is 101 Å². The molecule has 1 unspecified atom stereocenters. The van der Waals surface area contributed by atoms with Crippen molar-refractivity contribution in [2.24, 2.45) is 0 Å². The zero-order valence-electron chi connectivity index (χ0n) is 21.6. The molecule has 0 spiro atoms. The highest BCUT2D eigenvalue weighted by molar-refractivity contribution is 7.92. The number of anilines is 1. The molecule has 0 aliphatic carbocycles. The molecular formula is C28H23ClF3N3O5S. The van der Waals surface area contributed by atoms with Gasteiger partial charge in [-0.05, 0) is 54.4 Å². The van der Waals surface area contributed by atoms with Gasteiger partial charge in [0.05, 0.1) is 29.1 Å². The minimum Gasteiger partial charge on any atom is -0.481 e. The maximum Gasteiger partial charge on any atom is 0.417 e. The van der Waals surface area contributed by atoms with Crippen LogP contribution < -0.4 is 9.04 Å². The molecule has 0 saturated carbocycles. The Hall–Kier alpha value is -4.00. The first kappa shape index (κ1) is 30.0. The number of hydrogen-bond acceptors (Lipinski definition) is 7. The van der Waals surface area contributed by atoms with Crippen molar-refractivity contribution in [1.82, 2.24) is 9.97 Å². The molecule has 1 atom stereocenters. The fourth-order valence-electron chi connectivity index (χ4n) is 3.84. The zero-order valence-corrected chi connectivity index (χ0v) is 23.2. The molecule has 2 aromatic heterocycles. The van der Waals surface area contributed by atoms with Crippen LogP contribution in [0.3, 0.4) is 0 Å². The predicted molar refractivity (Wildman–Crippen MR) is 146 cm³/mol. The monoisotopic (exact) mass is 605 g/mol. The smallest absolute Gasteiger partial charge is 0.417 e. The summed E-state index contributed by atoms with van der Waals surface area (Å²) in [5, 5.41) is 9.02. The van der Waals surface area contributed by atoms with E-state index < -0.39 is 44.5 Å². The first-order chi connectivity index (χ1) is 19.3. The summed E-state index contributed by atoms with van der Waals surface area (Å²) in [5.74, 6) is -0.576. The number of aromatic nitrogens is 2. The Kier molecular flexibility index (Phi) is 8.66. The van der Waals surface area contributed by atoms with Crippen LogP contribution in [0.2, 0.25) is 5.02 Å². The molecule has 4 aromatic rings. The molecule has 0 radical (unpaired) electrons. The Labute approximate surface area is 239 Å². The molecule has 0 aliphatic rings. The number of rotatable bonds is 9. The second kappa shape index (κ2) is 11.9. The van der Waals surface area contributed by atoms with Crippen LogP contribution in [0.5, 0.6) is 5.88 Å². The molecule has 1 N–H and O–H groups in total. The third-order valence-electron chi connectivity index (χ3n) is 6.05. The van der Waals surface area contributed by atoms with Gasteiger partial charge in [0.2, 0.25) is 5.88 Å². The van der Waals surface area contributed by atoms with Gasteiger partial charge in [0.1, 0.15) is 6.10 Å². The fourth-order valence-corrected chi connectivity index (χ4v) is 5.59. The van der Waals surface area contributed by atoms with E-state index in [2.05, 4.69) is 9.97 Å². The van der Waals surface area contributed by atoms with Gasteiger partial charge in [-0.25, -0.2) is 22.7 Å². The normalized spacial score (nSPS) is 12.6. The van der Waals surface area contributed by atoms with Gasteiger partial charge in [-0.3, -0.25) is 4.79 Å². The predicted octanol–water partition coefficient (Wildman–Crippen LogP) is 5.78. The van der Waals surface area contributed by atoms with Gasteiger partial charge in [0, 0.05) is 29.6 Å². The number of aliphatic hydroxyl groups excluding tert-OH is 1. The minimum atomic E-state index is -4.74. The molecule has 0 bridgehead atoms. The fraction of sp³-hybridized carbons (Fsp3) is 0.179. The summed E-state index contributed by atoms with van der Waals surface area (Å²) in [6.07, 6.45) is -3.91. The van der Waals surface area contributed by atoms with E-state index >= 15 is 0 Å². The summed E-state index contributed by atoms with van der Waals surface area (Å²) < 4.78 is 73.1. The molecule has 13 heteroatoms. The summed E-state index contributed by atoms with van der Waals surface area (Å²) >= 11 is 6.16. The Balaban J connectivity index is 1.73. The van der Waals surface area contributed by atoms with Crippen molar-refractivity contribution >= 4 is 33.2 Å². The van der Waals surface area contributed by atoms with E-state index in [1.165, 1.54) is 26.2 Å². The van der Waals surface area contributed by atoms with Gasteiger partial charge in [0.25, 0.3) is 10.0 Å². The highest BCUT2D eigenvalue weighted by Gasteiger charge is 2.34. The Bertz CT molecular complexity index is 1650. The van der Waals surface area contributed by atoms with Crippen LogP contribution in [0, 0.1) is 0 Å². The highest BCUT2D eigenvalue weighted by Crippen LogP contribution is 2.36. The average molecular weight is 606 g/mol. The Morgan fingerprint density at radius 1 is 1.00 bits per heavy atom. The van der Waals surface area contributed by atoms with Crippen LogP contribution >= 0.6 is 11.6 Å². The third-order valence-corrected chi connectivity index (χ3v) is 8.08. The van der Waals surface area contributed by atoms with E-state index in [1.54, 1.807) is 42.6 Å². The van der Waals surface area contributed by atoms with Gasteiger partial charge < -0.3 is 9.84 Å². The first-order valence-electron chi connectivity index (χ1n) is 12.0. The Morgan fingerprint density at radius 2 is 1.63 bits per heavy atom. The van der Waals surface area contributed by atoms with E-state index in [4.69, 9.17) is 16.3 Å². The number of ether oxygens (including phenoxy) is 1. The minimum absolute atomic E-state index is 0.0831. The summed E-state index contributed by atoms with van der Waals surface area (Å²) in [7, 11) is -2.95. The van der Waals surface area contributed by atoms with Crippen LogP contribution in [0.25, 0.3) is 11.1 Å². The number of sulfonamides is 1. The van der Waals surface area contributed by atoms with Crippen molar-refractivity contribution < 1.29 is 36.2 Å². The lowest BCUT2D eigenvalue weighted by atomic mass is 10.1. The Morgan fingerprint density at radius 3 is 2.15 bits per heavy atom. The SMILES string of the molecule is COc1ccc(-c2ccc(CN(c3ncc(C(F)(F)F)cc3Cl)S(=O)(=O)c3ccc(C(=O)C(C)O)cc3)cc2)cn1. The van der Waals surface area contributed by atoms with E-state index in [1.807, 2.05) is 0 Å². The van der Waals surface area contributed by atoms with E-state index in [0.29, 0.717) is 23.7 Å². The van der Waals surface area contributed by atoms with E-state index in [9.17, 15) is 31.5 Å². The topological polar surface area (TPSA) is 110 Å². The molecule has 214 valence electrons. The van der Waals surface area contributed by atoms with Crippen molar-refractivity contribution in [2.75, 3.05) is 11.4 Å². The lowest BCUT2D eigenvalue weighted by molar-refractivity contribution is -0.137. The molecule has 0 saturated heterocycles. The van der Waals surface area contributed by atoms with Crippen molar-refractivity contribution in [2.45, 2.75) is 30.6 Å². The number of carbonyl (C=O) groups is 1. The quantitative estimate of drug-likeness (QED) is 0.241. The highest BCUT2D eigenvalue weighted by atomic mass is 35.5. The lowest BCUT2D eigenvalue weighted by Gasteiger charge is -2.25. The van der Waals surface area contributed by atoms with Crippen molar-refractivity contribution in [1.29, 1.82) is 0 Å². The summed E-state index contributed by atoms with van der Waals surface area (Å²) in [6.45, 7) is 0.958. The molecule has 0 aliphatic heterocycles. The molecule has 2 heterocycles. The number of ketones is 1. The van der Waals surface area contributed by atoms with Gasteiger partial charge in [0.15, 0.2) is 11.6 Å². The van der Waals surface area contributed by atoms with Gasteiger partial charge in [-0.1, -0.05) is 35.9 Å². The number of hydrogen-bond donors (Lipinski definition) is 1. The van der Waals surface area contributed by atoms with Gasteiger partial charge in [-0.15, -0.1) is 0 Å². The number of pyridine rings is 2. The molecule has 41 heavy (non-hydrogen) atoms. The number of methoxy groups -OCH3 is 1. The van der Waals surface area contributed by atoms with Crippen LogP contribution in [0.4, 0.5) is 19.0 Å². The lowest BCUT2D eigenvalue weighted by Crippen LogP contribution is -2.32. The molecule has 8 nitrogen and oxygen atoms in total. The number of benzene rings is 2. The van der Waals surface area contributed by atoms with Crippen LogP contribution in [-0.2, 0) is 22.7 Å². The van der Waals surface area contributed by atoms with Crippen LogP contribution in [0.1, 0.15) is 28.4 Å². The number of carbonyl (C=O) groups excluding carboxylic acids is 1. The van der Waals surface area contributed by atoms with E-state index in [-0.39, 0.29) is 17.0 Å². The van der Waals surface area contributed by atoms with Crippen LogP contribution in [-0.4, -0.2) is 42.5 Å².